The molecular weight excluding hydrogens is 569 g/mol. The standard InChI is InChI=1S/C32H28FN5O6/c1-19-2-5-21(6-3-19)26-8-9-27(43-26)30(39)35-25(32(40)41)17-20-4-7-23(24(33)16-20)29-36-31(44-37-29)22-10-11-34-28(18-22)38-12-14-42-15-13-38/h2-11,16,18,25H,12-15,17H2,1H3,(H,35,39)(H,40,41). The van der Waals surface area contributed by atoms with Gasteiger partial charge in [-0.25, -0.2) is 14.2 Å². The Kier molecular flexibility index (Phi) is 8.15. The number of ether oxygens (including phenoxy) is 1. The van der Waals surface area contributed by atoms with Crippen molar-refractivity contribution in [3.05, 3.63) is 95.6 Å². The summed E-state index contributed by atoms with van der Waals surface area (Å²) in [5, 5.41) is 16.2. The highest BCUT2D eigenvalue weighted by Gasteiger charge is 2.24. The highest BCUT2D eigenvalue weighted by molar-refractivity contribution is 5.94. The number of nitrogens with zero attached hydrogens (tertiary/aromatic N) is 4. The zero-order valence-electron chi connectivity index (χ0n) is 23.7. The number of nitrogens with one attached hydrogen (secondary N) is 1. The van der Waals surface area contributed by atoms with Crippen molar-refractivity contribution in [2.24, 2.45) is 0 Å². The molecule has 0 saturated carbocycles. The Hall–Kier alpha value is -5.36. The van der Waals surface area contributed by atoms with Crippen molar-refractivity contribution in [3.63, 3.8) is 0 Å². The number of pyridine rings is 1. The second-order valence-electron chi connectivity index (χ2n) is 10.3. The lowest BCUT2D eigenvalue weighted by Crippen LogP contribution is -2.42. The van der Waals surface area contributed by atoms with Crippen LogP contribution >= 0.6 is 0 Å². The number of hydrogen-bond donors (Lipinski definition) is 2. The van der Waals surface area contributed by atoms with Crippen molar-refractivity contribution in [2.75, 3.05) is 31.2 Å². The van der Waals surface area contributed by atoms with E-state index in [-0.39, 0.29) is 29.5 Å². The number of morpholine rings is 1. The van der Waals surface area contributed by atoms with Gasteiger partial charge in [-0.15, -0.1) is 0 Å². The van der Waals surface area contributed by atoms with Gasteiger partial charge < -0.3 is 29.0 Å². The third-order valence-corrected chi connectivity index (χ3v) is 7.24. The van der Waals surface area contributed by atoms with Gasteiger partial charge in [-0.2, -0.15) is 4.98 Å². The lowest BCUT2D eigenvalue weighted by molar-refractivity contribution is -0.139. The van der Waals surface area contributed by atoms with Gasteiger partial charge in [0.1, 0.15) is 23.4 Å². The van der Waals surface area contributed by atoms with Gasteiger partial charge >= 0.3 is 5.97 Å². The maximum atomic E-state index is 15.2. The normalized spacial score (nSPS) is 13.9. The van der Waals surface area contributed by atoms with Crippen LogP contribution in [0.4, 0.5) is 10.2 Å². The summed E-state index contributed by atoms with van der Waals surface area (Å²) in [5.74, 6) is -1.19. The van der Waals surface area contributed by atoms with Crippen molar-refractivity contribution in [2.45, 2.75) is 19.4 Å². The highest BCUT2D eigenvalue weighted by atomic mass is 19.1. The molecule has 0 radical (unpaired) electrons. The number of amides is 1. The van der Waals surface area contributed by atoms with Crippen molar-refractivity contribution in [1.82, 2.24) is 20.4 Å². The molecule has 4 heterocycles. The first kappa shape index (κ1) is 28.7. The molecule has 1 amide bonds. The van der Waals surface area contributed by atoms with Crippen LogP contribution < -0.4 is 10.2 Å². The smallest absolute Gasteiger partial charge is 0.326 e. The lowest BCUT2D eigenvalue weighted by Gasteiger charge is -2.27. The van der Waals surface area contributed by atoms with Crippen LogP contribution in [0.2, 0.25) is 0 Å². The van der Waals surface area contributed by atoms with Gasteiger partial charge in [0.2, 0.25) is 5.82 Å². The summed E-state index contributed by atoms with van der Waals surface area (Å²) in [7, 11) is 0. The molecule has 1 aliphatic heterocycles. The van der Waals surface area contributed by atoms with E-state index in [9.17, 15) is 14.7 Å². The molecule has 12 heteroatoms. The molecule has 5 aromatic rings. The van der Waals surface area contributed by atoms with Crippen molar-refractivity contribution < 1.29 is 32.8 Å². The predicted octanol–water partition coefficient (Wildman–Crippen LogP) is 4.77. The van der Waals surface area contributed by atoms with Crippen molar-refractivity contribution in [1.29, 1.82) is 0 Å². The number of carbonyl (C=O) groups is 2. The molecule has 3 aromatic heterocycles. The van der Waals surface area contributed by atoms with Crippen LogP contribution in [0.5, 0.6) is 0 Å². The van der Waals surface area contributed by atoms with Crippen LogP contribution in [0.15, 0.2) is 81.9 Å². The quantitative estimate of drug-likeness (QED) is 0.244. The van der Waals surface area contributed by atoms with Crippen LogP contribution in [-0.4, -0.2) is 64.5 Å². The van der Waals surface area contributed by atoms with E-state index < -0.39 is 23.7 Å². The molecule has 1 atom stereocenters. The summed E-state index contributed by atoms with van der Waals surface area (Å²) >= 11 is 0. The zero-order valence-corrected chi connectivity index (χ0v) is 23.7. The molecule has 6 rings (SSSR count). The van der Waals surface area contributed by atoms with E-state index in [1.807, 2.05) is 37.3 Å². The van der Waals surface area contributed by atoms with Crippen LogP contribution in [0.3, 0.4) is 0 Å². The molecule has 1 saturated heterocycles. The fourth-order valence-electron chi connectivity index (χ4n) is 4.83. The maximum absolute atomic E-state index is 15.2. The fraction of sp³-hybridized carbons (Fsp3) is 0.219. The van der Waals surface area contributed by atoms with E-state index in [0.29, 0.717) is 43.2 Å². The van der Waals surface area contributed by atoms with Gasteiger partial charge in [0.15, 0.2) is 5.76 Å². The number of halogens is 1. The number of carbonyl (C=O) groups excluding carboxylic acids is 1. The molecule has 1 unspecified atom stereocenters. The van der Waals surface area contributed by atoms with Crippen LogP contribution in [-0.2, 0) is 16.0 Å². The Bertz CT molecular complexity index is 1790. The first-order valence-electron chi connectivity index (χ1n) is 14.0. The fourth-order valence-corrected chi connectivity index (χ4v) is 4.83. The molecule has 1 fully saturated rings. The zero-order chi connectivity index (χ0) is 30.6. The van der Waals surface area contributed by atoms with Gasteiger partial charge in [0.25, 0.3) is 11.8 Å². The molecule has 11 nitrogen and oxygen atoms in total. The summed E-state index contributed by atoms with van der Waals surface area (Å²) in [6, 6.07) is 17.1. The predicted molar refractivity (Wildman–Crippen MR) is 157 cm³/mol. The summed E-state index contributed by atoms with van der Waals surface area (Å²) < 4.78 is 31.7. The number of anilines is 1. The number of furan rings is 1. The molecule has 2 aromatic carbocycles. The van der Waals surface area contributed by atoms with Gasteiger partial charge in [-0.1, -0.05) is 41.1 Å². The minimum Gasteiger partial charge on any atom is -0.480 e. The van der Waals surface area contributed by atoms with Gasteiger partial charge in [-0.05, 0) is 48.9 Å². The number of aromatic nitrogens is 3. The second-order valence-corrected chi connectivity index (χ2v) is 10.3. The summed E-state index contributed by atoms with van der Waals surface area (Å²) in [6.07, 6.45) is 1.48. The van der Waals surface area contributed by atoms with Gasteiger partial charge in [-0.3, -0.25) is 4.79 Å². The summed E-state index contributed by atoms with van der Waals surface area (Å²) in [6.45, 7) is 4.62. The molecular formula is C32H28FN5O6. The number of aliphatic carboxylic acids is 1. The Morgan fingerprint density at radius 1 is 1.02 bits per heavy atom. The van der Waals surface area contributed by atoms with Crippen LogP contribution in [0.25, 0.3) is 34.2 Å². The number of benzene rings is 2. The third kappa shape index (κ3) is 6.35. The maximum Gasteiger partial charge on any atom is 0.326 e. The lowest BCUT2D eigenvalue weighted by atomic mass is 10.0. The van der Waals surface area contributed by atoms with Crippen LogP contribution in [0, 0.1) is 12.7 Å². The van der Waals surface area contributed by atoms with Crippen molar-refractivity contribution >= 4 is 17.7 Å². The largest absolute Gasteiger partial charge is 0.480 e. The molecule has 0 spiro atoms. The number of hydrogen-bond acceptors (Lipinski definition) is 9. The number of carboxylic acid groups (broad SMARTS) is 1. The van der Waals surface area contributed by atoms with Crippen molar-refractivity contribution in [3.8, 4) is 34.2 Å². The first-order valence-corrected chi connectivity index (χ1v) is 14.0. The van der Waals surface area contributed by atoms with E-state index in [4.69, 9.17) is 13.7 Å². The van der Waals surface area contributed by atoms with E-state index in [1.165, 1.54) is 18.2 Å². The van der Waals surface area contributed by atoms with Gasteiger partial charge in [0.05, 0.1) is 18.8 Å². The minimum absolute atomic E-state index is 0.0347. The topological polar surface area (TPSA) is 144 Å². The van der Waals surface area contributed by atoms with Gasteiger partial charge in [0, 0.05) is 36.8 Å². The Balaban J connectivity index is 1.13. The van der Waals surface area contributed by atoms with E-state index in [0.717, 1.165) is 16.9 Å². The average molecular weight is 598 g/mol. The van der Waals surface area contributed by atoms with E-state index in [1.54, 1.807) is 24.4 Å². The third-order valence-electron chi connectivity index (χ3n) is 7.24. The first-order chi connectivity index (χ1) is 21.3. The summed E-state index contributed by atoms with van der Waals surface area (Å²) in [4.78, 5) is 35.7. The SMILES string of the molecule is Cc1ccc(-c2ccc(C(=O)NC(Cc3ccc(-c4noc(-c5ccnc(N6CCOCC6)c5)n4)c(F)c3)C(=O)O)o2)cc1. The molecule has 44 heavy (non-hydrogen) atoms. The number of carboxylic acids is 1. The van der Waals surface area contributed by atoms with Crippen LogP contribution in [0.1, 0.15) is 21.7 Å². The molecule has 0 aliphatic carbocycles. The Morgan fingerprint density at radius 2 is 1.82 bits per heavy atom. The highest BCUT2D eigenvalue weighted by Crippen LogP contribution is 2.27. The van der Waals surface area contributed by atoms with E-state index >= 15 is 4.39 Å². The minimum atomic E-state index is -1.33. The van der Waals surface area contributed by atoms with E-state index in [2.05, 4.69) is 25.3 Å². The number of rotatable bonds is 9. The number of aryl methyl sites for hydroxylation is 1. The summed E-state index contributed by atoms with van der Waals surface area (Å²) in [5.41, 5.74) is 2.94. The second kappa shape index (κ2) is 12.5. The molecule has 224 valence electrons. The monoisotopic (exact) mass is 597 g/mol. The Morgan fingerprint density at radius 3 is 2.57 bits per heavy atom. The molecule has 2 N–H and O–H groups in total. The molecule has 1 aliphatic rings. The molecule has 0 bridgehead atoms. The Labute approximate surface area is 251 Å². The average Bonchev–Trinajstić information content (AvgIpc) is 3.73.